The number of imidazole rings is 1. The Labute approximate surface area is 52.5 Å². The van der Waals surface area contributed by atoms with Gasteiger partial charge in [0.15, 0.2) is 5.69 Å². The van der Waals surface area contributed by atoms with Gasteiger partial charge in [0.05, 0.1) is 6.33 Å². The van der Waals surface area contributed by atoms with Crippen LogP contribution >= 0.6 is 0 Å². The SMILES string of the molecule is Cn1cnc(C#N)c1N. The van der Waals surface area contributed by atoms with Gasteiger partial charge in [-0.2, -0.15) is 5.26 Å². The van der Waals surface area contributed by atoms with E-state index in [1.54, 1.807) is 11.6 Å². The van der Waals surface area contributed by atoms with Gasteiger partial charge in [-0.15, -0.1) is 0 Å². The Morgan fingerprint density at radius 3 is 2.78 bits per heavy atom. The number of nitrogen functional groups attached to an aromatic ring is 1. The zero-order valence-electron chi connectivity index (χ0n) is 5.00. The molecule has 0 bridgehead atoms. The van der Waals surface area contributed by atoms with Crippen LogP contribution < -0.4 is 5.73 Å². The van der Waals surface area contributed by atoms with E-state index in [1.807, 2.05) is 6.07 Å². The molecule has 1 rings (SSSR count). The molecule has 0 aliphatic carbocycles. The number of hydrogen-bond acceptors (Lipinski definition) is 3. The van der Waals surface area contributed by atoms with Crippen LogP contribution in [0.15, 0.2) is 6.33 Å². The van der Waals surface area contributed by atoms with E-state index in [4.69, 9.17) is 11.0 Å². The predicted octanol–water partition coefficient (Wildman–Crippen LogP) is -0.126. The van der Waals surface area contributed by atoms with E-state index in [2.05, 4.69) is 4.98 Å². The molecule has 9 heavy (non-hydrogen) atoms. The normalized spacial score (nSPS) is 8.89. The van der Waals surface area contributed by atoms with Crippen molar-refractivity contribution in [2.75, 3.05) is 5.73 Å². The summed E-state index contributed by atoms with van der Waals surface area (Å²) in [6.45, 7) is 0. The lowest BCUT2D eigenvalue weighted by atomic mass is 10.5. The third-order valence-corrected chi connectivity index (χ3v) is 1.09. The number of anilines is 1. The first-order valence-electron chi connectivity index (χ1n) is 2.42. The minimum atomic E-state index is 0.289. The summed E-state index contributed by atoms with van der Waals surface area (Å²) in [6.07, 6.45) is 1.51. The first-order chi connectivity index (χ1) is 4.25. The summed E-state index contributed by atoms with van der Waals surface area (Å²) in [5.41, 5.74) is 5.68. The van der Waals surface area contributed by atoms with Crippen LogP contribution in [0.2, 0.25) is 0 Å². The lowest BCUT2D eigenvalue weighted by Crippen LogP contribution is -1.95. The number of nitriles is 1. The molecule has 0 aromatic carbocycles. The van der Waals surface area contributed by atoms with E-state index in [1.165, 1.54) is 6.33 Å². The molecule has 0 amide bonds. The second-order valence-electron chi connectivity index (χ2n) is 1.70. The largest absolute Gasteiger partial charge is 0.383 e. The van der Waals surface area contributed by atoms with Crippen molar-refractivity contribution in [1.29, 1.82) is 5.26 Å². The van der Waals surface area contributed by atoms with Crippen LogP contribution in [0, 0.1) is 11.3 Å². The first-order valence-corrected chi connectivity index (χ1v) is 2.42. The van der Waals surface area contributed by atoms with Crippen LogP contribution in [0.4, 0.5) is 5.82 Å². The molecule has 0 aliphatic heterocycles. The third kappa shape index (κ3) is 0.722. The average molecular weight is 122 g/mol. The molecule has 4 heteroatoms. The molecule has 2 N–H and O–H groups in total. The van der Waals surface area contributed by atoms with Gasteiger partial charge < -0.3 is 10.3 Å². The summed E-state index contributed by atoms with van der Waals surface area (Å²) in [4.78, 5) is 3.71. The molecular weight excluding hydrogens is 116 g/mol. The van der Waals surface area contributed by atoms with Crippen molar-refractivity contribution in [3.8, 4) is 6.07 Å². The van der Waals surface area contributed by atoms with Crippen molar-refractivity contribution >= 4 is 5.82 Å². The summed E-state index contributed by atoms with van der Waals surface area (Å²) >= 11 is 0. The smallest absolute Gasteiger partial charge is 0.182 e. The Hall–Kier alpha value is -1.50. The second kappa shape index (κ2) is 1.78. The topological polar surface area (TPSA) is 67.6 Å². The molecule has 0 saturated carbocycles. The fraction of sp³-hybridized carbons (Fsp3) is 0.200. The van der Waals surface area contributed by atoms with E-state index in [0.717, 1.165) is 0 Å². The maximum absolute atomic E-state index is 8.33. The van der Waals surface area contributed by atoms with Gasteiger partial charge in [0.25, 0.3) is 0 Å². The van der Waals surface area contributed by atoms with Gasteiger partial charge in [-0.3, -0.25) is 0 Å². The van der Waals surface area contributed by atoms with Gasteiger partial charge in [0.2, 0.25) is 0 Å². The van der Waals surface area contributed by atoms with Crippen molar-refractivity contribution < 1.29 is 0 Å². The number of hydrogen-bond donors (Lipinski definition) is 1. The van der Waals surface area contributed by atoms with Crippen molar-refractivity contribution in [2.24, 2.45) is 7.05 Å². The molecule has 0 fully saturated rings. The van der Waals surface area contributed by atoms with E-state index < -0.39 is 0 Å². The molecule has 46 valence electrons. The van der Waals surface area contributed by atoms with Crippen molar-refractivity contribution in [2.45, 2.75) is 0 Å². The molecule has 0 saturated heterocycles. The Morgan fingerprint density at radius 1 is 1.89 bits per heavy atom. The summed E-state index contributed by atoms with van der Waals surface area (Å²) in [6, 6.07) is 1.86. The monoisotopic (exact) mass is 122 g/mol. The highest BCUT2D eigenvalue weighted by Gasteiger charge is 2.00. The maximum atomic E-state index is 8.33. The van der Waals surface area contributed by atoms with Gasteiger partial charge in [-0.1, -0.05) is 0 Å². The minimum Gasteiger partial charge on any atom is -0.383 e. The van der Waals surface area contributed by atoms with Crippen LogP contribution in [-0.2, 0) is 7.05 Å². The van der Waals surface area contributed by atoms with E-state index in [-0.39, 0.29) is 5.69 Å². The minimum absolute atomic E-state index is 0.289. The molecule has 0 spiro atoms. The molecule has 4 nitrogen and oxygen atoms in total. The molecule has 0 atom stereocenters. The van der Waals surface area contributed by atoms with Crippen LogP contribution in [0.5, 0.6) is 0 Å². The molecule has 0 unspecified atom stereocenters. The molecule has 1 aromatic rings. The Balaban J connectivity index is 3.24. The van der Waals surface area contributed by atoms with Crippen LogP contribution in [0.25, 0.3) is 0 Å². The van der Waals surface area contributed by atoms with Crippen LogP contribution in [0.1, 0.15) is 5.69 Å². The first kappa shape index (κ1) is 5.63. The zero-order chi connectivity index (χ0) is 6.85. The highest BCUT2D eigenvalue weighted by molar-refractivity contribution is 5.43. The number of rotatable bonds is 0. The lowest BCUT2D eigenvalue weighted by molar-refractivity contribution is 0.925. The quantitative estimate of drug-likeness (QED) is 0.521. The molecular formula is C5H6N4. The fourth-order valence-electron chi connectivity index (χ4n) is 0.526. The number of nitrogens with zero attached hydrogens (tertiary/aromatic N) is 3. The summed E-state index contributed by atoms with van der Waals surface area (Å²) in [5, 5.41) is 8.33. The molecule has 1 aromatic heterocycles. The Kier molecular flexibility index (Phi) is 1.12. The Bertz CT molecular complexity index is 254. The van der Waals surface area contributed by atoms with Crippen molar-refractivity contribution in [1.82, 2.24) is 9.55 Å². The summed E-state index contributed by atoms with van der Waals surface area (Å²) in [5.74, 6) is 0.414. The van der Waals surface area contributed by atoms with Crippen molar-refractivity contribution in [3.63, 3.8) is 0 Å². The van der Waals surface area contributed by atoms with Crippen molar-refractivity contribution in [3.05, 3.63) is 12.0 Å². The molecule has 0 radical (unpaired) electrons. The maximum Gasteiger partial charge on any atom is 0.182 e. The van der Waals surface area contributed by atoms with E-state index in [0.29, 0.717) is 5.82 Å². The van der Waals surface area contributed by atoms with Crippen LogP contribution in [-0.4, -0.2) is 9.55 Å². The molecule has 0 aliphatic rings. The van der Waals surface area contributed by atoms with Gasteiger partial charge in [-0.05, 0) is 0 Å². The standard InChI is InChI=1S/C5H6N4/c1-9-3-8-4(2-6)5(9)7/h3H,7H2,1H3. The zero-order valence-corrected chi connectivity index (χ0v) is 5.00. The average Bonchev–Trinajstić information content (AvgIpc) is 2.15. The fourth-order valence-corrected chi connectivity index (χ4v) is 0.526. The highest BCUT2D eigenvalue weighted by Crippen LogP contribution is 2.04. The predicted molar refractivity (Wildman–Crippen MR) is 32.3 cm³/mol. The lowest BCUT2D eigenvalue weighted by Gasteiger charge is -1.89. The third-order valence-electron chi connectivity index (χ3n) is 1.09. The van der Waals surface area contributed by atoms with Gasteiger partial charge in [0, 0.05) is 7.05 Å². The van der Waals surface area contributed by atoms with Gasteiger partial charge in [-0.25, -0.2) is 4.98 Å². The Morgan fingerprint density at radius 2 is 2.56 bits per heavy atom. The number of aryl methyl sites for hydroxylation is 1. The highest BCUT2D eigenvalue weighted by atomic mass is 15.1. The number of nitrogens with two attached hydrogens (primary N) is 1. The van der Waals surface area contributed by atoms with E-state index >= 15 is 0 Å². The summed E-state index contributed by atoms with van der Waals surface area (Å²) in [7, 11) is 1.74. The summed E-state index contributed by atoms with van der Waals surface area (Å²) < 4.78 is 1.60. The van der Waals surface area contributed by atoms with Gasteiger partial charge in [0.1, 0.15) is 11.9 Å². The van der Waals surface area contributed by atoms with Crippen LogP contribution in [0.3, 0.4) is 0 Å². The number of aromatic nitrogens is 2. The van der Waals surface area contributed by atoms with Gasteiger partial charge >= 0.3 is 0 Å². The van der Waals surface area contributed by atoms with E-state index in [9.17, 15) is 0 Å². The second-order valence-corrected chi connectivity index (χ2v) is 1.70. The molecule has 1 heterocycles.